The van der Waals surface area contributed by atoms with Gasteiger partial charge in [0.15, 0.2) is 0 Å². The number of halogens is 3. The van der Waals surface area contributed by atoms with Crippen molar-refractivity contribution in [1.29, 1.82) is 0 Å². The molecule has 1 heterocycles. The van der Waals surface area contributed by atoms with Gasteiger partial charge in [-0.3, -0.25) is 0 Å². The van der Waals surface area contributed by atoms with Gasteiger partial charge < -0.3 is 9.84 Å². The molecule has 4 nitrogen and oxygen atoms in total. The third kappa shape index (κ3) is 5.20. The van der Waals surface area contributed by atoms with Crippen LogP contribution in [0, 0.1) is 0 Å². The van der Waals surface area contributed by atoms with Gasteiger partial charge in [-0.1, -0.05) is 60.7 Å². The summed E-state index contributed by atoms with van der Waals surface area (Å²) in [7, 11) is 0. The summed E-state index contributed by atoms with van der Waals surface area (Å²) in [6.07, 6.45) is -3.03. The monoisotopic (exact) mass is 449 g/mol. The Hall–Kier alpha value is -4.13. The number of carboxylic acid groups (broad SMARTS) is 1. The predicted molar refractivity (Wildman–Crippen MR) is 118 cm³/mol. The zero-order valence-electron chi connectivity index (χ0n) is 17.2. The maximum atomic E-state index is 13.7. The molecule has 7 heteroatoms. The molecule has 4 aromatic rings. The van der Waals surface area contributed by atoms with E-state index in [2.05, 4.69) is 4.98 Å². The van der Waals surface area contributed by atoms with E-state index in [1.165, 1.54) is 18.3 Å². The van der Waals surface area contributed by atoms with Crippen molar-refractivity contribution in [3.05, 3.63) is 108 Å². The fourth-order valence-electron chi connectivity index (χ4n) is 3.39. The van der Waals surface area contributed by atoms with Gasteiger partial charge in [0.05, 0.1) is 5.56 Å². The number of pyridine rings is 1. The largest absolute Gasteiger partial charge is 0.489 e. The Bertz CT molecular complexity index is 1250. The van der Waals surface area contributed by atoms with Crippen molar-refractivity contribution in [2.45, 2.75) is 12.8 Å². The van der Waals surface area contributed by atoms with Crippen molar-refractivity contribution in [2.75, 3.05) is 0 Å². The highest BCUT2D eigenvalue weighted by Crippen LogP contribution is 2.37. The molecule has 0 atom stereocenters. The summed E-state index contributed by atoms with van der Waals surface area (Å²) >= 11 is 0. The number of alkyl halides is 3. The highest BCUT2D eigenvalue weighted by atomic mass is 19.4. The molecule has 0 saturated carbocycles. The van der Waals surface area contributed by atoms with Crippen LogP contribution in [0.1, 0.15) is 21.6 Å². The molecule has 0 aliphatic carbocycles. The molecular formula is C26H18F3NO3. The Balaban J connectivity index is 1.49. The van der Waals surface area contributed by atoms with Crippen LogP contribution in [0.5, 0.6) is 5.75 Å². The molecule has 0 aliphatic rings. The summed E-state index contributed by atoms with van der Waals surface area (Å²) in [6, 6.07) is 22.7. The van der Waals surface area contributed by atoms with E-state index in [4.69, 9.17) is 9.84 Å². The lowest BCUT2D eigenvalue weighted by molar-refractivity contribution is -0.137. The van der Waals surface area contributed by atoms with E-state index in [1.807, 2.05) is 0 Å². The SMILES string of the molecule is O=C(O)c1ccc(-c2ccc(OCc3ccc(-c4ccccc4)c(C(F)(F)F)c3)cc2)cn1. The standard InChI is InChI=1S/C26H18F3NO3/c27-26(28,29)23-14-17(6-12-22(23)19-4-2-1-3-5-19)16-33-21-10-7-18(8-11-21)20-9-13-24(25(31)32)30-15-20/h1-15H,16H2,(H,31,32). The third-order valence-corrected chi connectivity index (χ3v) is 5.05. The average Bonchev–Trinajstić information content (AvgIpc) is 2.83. The summed E-state index contributed by atoms with van der Waals surface area (Å²) in [5.41, 5.74) is 1.81. The second kappa shape index (κ2) is 9.16. The quantitative estimate of drug-likeness (QED) is 0.355. The van der Waals surface area contributed by atoms with Crippen LogP contribution in [0.2, 0.25) is 0 Å². The van der Waals surface area contributed by atoms with Gasteiger partial charge in [0.2, 0.25) is 0 Å². The number of carboxylic acids is 1. The van der Waals surface area contributed by atoms with Crippen LogP contribution >= 0.6 is 0 Å². The number of carbonyl (C=O) groups is 1. The Labute approximate surface area is 187 Å². The van der Waals surface area contributed by atoms with E-state index in [1.54, 1.807) is 66.7 Å². The Morgan fingerprint density at radius 1 is 0.848 bits per heavy atom. The smallest absolute Gasteiger partial charge is 0.417 e. The van der Waals surface area contributed by atoms with Gasteiger partial charge in [-0.2, -0.15) is 13.2 Å². The van der Waals surface area contributed by atoms with Crippen molar-refractivity contribution < 1.29 is 27.8 Å². The van der Waals surface area contributed by atoms with E-state index in [9.17, 15) is 18.0 Å². The van der Waals surface area contributed by atoms with Crippen LogP contribution < -0.4 is 4.74 Å². The lowest BCUT2D eigenvalue weighted by atomic mass is 9.97. The van der Waals surface area contributed by atoms with Crippen LogP contribution in [-0.4, -0.2) is 16.1 Å². The molecule has 4 rings (SSSR count). The number of hydrogen-bond acceptors (Lipinski definition) is 3. The predicted octanol–water partition coefficient (Wildman–Crippen LogP) is 6.71. The van der Waals surface area contributed by atoms with Crippen molar-refractivity contribution in [3.8, 4) is 28.0 Å². The maximum absolute atomic E-state index is 13.7. The van der Waals surface area contributed by atoms with Crippen molar-refractivity contribution in [1.82, 2.24) is 4.98 Å². The van der Waals surface area contributed by atoms with Crippen LogP contribution in [0.4, 0.5) is 13.2 Å². The minimum absolute atomic E-state index is 0.0215. The zero-order valence-corrected chi connectivity index (χ0v) is 17.2. The van der Waals surface area contributed by atoms with E-state index in [0.717, 1.165) is 17.2 Å². The van der Waals surface area contributed by atoms with Gasteiger partial charge >= 0.3 is 12.1 Å². The lowest BCUT2D eigenvalue weighted by Gasteiger charge is -2.15. The molecule has 33 heavy (non-hydrogen) atoms. The van der Waals surface area contributed by atoms with E-state index < -0.39 is 17.7 Å². The highest BCUT2D eigenvalue weighted by molar-refractivity contribution is 5.85. The second-order valence-corrected chi connectivity index (χ2v) is 7.29. The molecule has 1 N–H and O–H groups in total. The average molecular weight is 449 g/mol. The van der Waals surface area contributed by atoms with Gasteiger partial charge in [-0.15, -0.1) is 0 Å². The van der Waals surface area contributed by atoms with Gasteiger partial charge in [0.25, 0.3) is 0 Å². The van der Waals surface area contributed by atoms with Gasteiger partial charge in [-0.05, 0) is 46.5 Å². The summed E-state index contributed by atoms with van der Waals surface area (Å²) < 4.78 is 46.7. The molecular weight excluding hydrogens is 431 g/mol. The first-order chi connectivity index (χ1) is 15.8. The molecule has 166 valence electrons. The summed E-state index contributed by atoms with van der Waals surface area (Å²) in [6.45, 7) is -0.0215. The van der Waals surface area contributed by atoms with Gasteiger partial charge in [-0.25, -0.2) is 9.78 Å². The van der Waals surface area contributed by atoms with Gasteiger partial charge in [0, 0.05) is 11.8 Å². The van der Waals surface area contributed by atoms with E-state index >= 15 is 0 Å². The summed E-state index contributed by atoms with van der Waals surface area (Å²) in [4.78, 5) is 14.8. The first kappa shape index (κ1) is 22.1. The van der Waals surface area contributed by atoms with E-state index in [-0.39, 0.29) is 17.9 Å². The molecule has 0 amide bonds. The Kier molecular flexibility index (Phi) is 6.13. The molecule has 0 saturated heterocycles. The van der Waals surface area contributed by atoms with Gasteiger partial charge in [0.1, 0.15) is 18.1 Å². The zero-order chi connectivity index (χ0) is 23.4. The maximum Gasteiger partial charge on any atom is 0.417 e. The van der Waals surface area contributed by atoms with Crippen molar-refractivity contribution in [2.24, 2.45) is 0 Å². The number of aromatic nitrogens is 1. The topological polar surface area (TPSA) is 59.4 Å². The number of rotatable bonds is 6. The normalized spacial score (nSPS) is 11.2. The Morgan fingerprint density at radius 3 is 2.15 bits per heavy atom. The van der Waals surface area contributed by atoms with Crippen LogP contribution in [-0.2, 0) is 12.8 Å². The summed E-state index contributed by atoms with van der Waals surface area (Å²) in [5, 5.41) is 8.93. The minimum Gasteiger partial charge on any atom is -0.489 e. The molecule has 1 aromatic heterocycles. The molecule has 3 aromatic carbocycles. The molecule has 0 radical (unpaired) electrons. The Morgan fingerprint density at radius 2 is 1.55 bits per heavy atom. The van der Waals surface area contributed by atoms with Crippen LogP contribution in [0.25, 0.3) is 22.3 Å². The fourth-order valence-corrected chi connectivity index (χ4v) is 3.39. The first-order valence-electron chi connectivity index (χ1n) is 9.99. The van der Waals surface area contributed by atoms with E-state index in [0.29, 0.717) is 16.9 Å². The molecule has 0 fully saturated rings. The molecule has 0 spiro atoms. The highest BCUT2D eigenvalue weighted by Gasteiger charge is 2.34. The van der Waals surface area contributed by atoms with Crippen molar-refractivity contribution in [3.63, 3.8) is 0 Å². The number of hydrogen-bond donors (Lipinski definition) is 1. The minimum atomic E-state index is -4.49. The molecule has 0 bridgehead atoms. The number of ether oxygens (including phenoxy) is 1. The fraction of sp³-hybridized carbons (Fsp3) is 0.0769. The number of aromatic carboxylic acids is 1. The lowest BCUT2D eigenvalue weighted by Crippen LogP contribution is -2.09. The van der Waals surface area contributed by atoms with Crippen molar-refractivity contribution >= 4 is 5.97 Å². The van der Waals surface area contributed by atoms with Crippen LogP contribution in [0.3, 0.4) is 0 Å². The first-order valence-corrected chi connectivity index (χ1v) is 9.99. The van der Waals surface area contributed by atoms with Crippen LogP contribution in [0.15, 0.2) is 91.1 Å². The molecule has 0 unspecified atom stereocenters. The number of benzene rings is 3. The second-order valence-electron chi connectivity index (χ2n) is 7.29. The third-order valence-electron chi connectivity index (χ3n) is 5.05. The summed E-state index contributed by atoms with van der Waals surface area (Å²) in [5.74, 6) is -0.606. The molecule has 0 aliphatic heterocycles. The number of nitrogens with zero attached hydrogens (tertiary/aromatic N) is 1.